The van der Waals surface area contributed by atoms with Gasteiger partial charge in [0.25, 0.3) is 0 Å². The van der Waals surface area contributed by atoms with Crippen LogP contribution in [0.1, 0.15) is 23.0 Å². The van der Waals surface area contributed by atoms with Crippen LogP contribution in [0, 0.1) is 17.5 Å². The highest BCUT2D eigenvalue weighted by molar-refractivity contribution is 5.81. The molecule has 0 atom stereocenters. The van der Waals surface area contributed by atoms with Crippen LogP contribution in [0.25, 0.3) is 23.3 Å². The molecule has 24 heavy (non-hydrogen) atoms. The van der Waals surface area contributed by atoms with E-state index in [-0.39, 0.29) is 11.1 Å². The van der Waals surface area contributed by atoms with Crippen molar-refractivity contribution in [2.24, 2.45) is 0 Å². The van der Waals surface area contributed by atoms with Gasteiger partial charge in [-0.25, -0.2) is 13.2 Å². The lowest BCUT2D eigenvalue weighted by atomic mass is 9.93. The first-order valence-corrected chi connectivity index (χ1v) is 7.36. The van der Waals surface area contributed by atoms with E-state index in [2.05, 4.69) is 13.2 Å². The molecular formula is C19H15F3O2. The van der Waals surface area contributed by atoms with Crippen LogP contribution in [-0.4, -0.2) is 13.2 Å². The molecule has 1 aliphatic heterocycles. The predicted octanol–water partition coefficient (Wildman–Crippen LogP) is 5.10. The molecular weight excluding hydrogens is 317 g/mol. The van der Waals surface area contributed by atoms with Crippen molar-refractivity contribution >= 4 is 12.2 Å². The Morgan fingerprint density at radius 1 is 0.917 bits per heavy atom. The lowest BCUT2D eigenvalue weighted by Gasteiger charge is -2.15. The number of halogens is 3. The number of hydrogen-bond acceptors (Lipinski definition) is 2. The van der Waals surface area contributed by atoms with Crippen molar-refractivity contribution in [3.63, 3.8) is 0 Å². The molecule has 1 fully saturated rings. The molecule has 0 unspecified atom stereocenters. The maximum absolute atomic E-state index is 14.0. The molecule has 5 heteroatoms. The highest BCUT2D eigenvalue weighted by Crippen LogP contribution is 2.35. The molecule has 2 nitrogen and oxygen atoms in total. The Morgan fingerprint density at radius 3 is 2.25 bits per heavy atom. The van der Waals surface area contributed by atoms with Crippen molar-refractivity contribution < 1.29 is 22.6 Å². The lowest BCUT2D eigenvalue weighted by molar-refractivity contribution is -0.0441. The Bertz CT molecular complexity index is 809. The van der Waals surface area contributed by atoms with E-state index in [4.69, 9.17) is 9.47 Å². The molecule has 3 rings (SSSR count). The van der Waals surface area contributed by atoms with Crippen molar-refractivity contribution in [1.82, 2.24) is 0 Å². The second-order valence-corrected chi connectivity index (χ2v) is 5.28. The van der Waals surface area contributed by atoms with E-state index in [1.807, 2.05) is 0 Å². The zero-order valence-corrected chi connectivity index (χ0v) is 12.8. The topological polar surface area (TPSA) is 18.5 Å². The molecule has 1 heterocycles. The van der Waals surface area contributed by atoms with E-state index < -0.39 is 23.7 Å². The van der Waals surface area contributed by atoms with Gasteiger partial charge in [-0.05, 0) is 28.8 Å². The quantitative estimate of drug-likeness (QED) is 0.725. The van der Waals surface area contributed by atoms with Gasteiger partial charge in [-0.3, -0.25) is 0 Å². The molecule has 0 spiro atoms. The minimum Gasteiger partial charge on any atom is -0.346 e. The normalized spacial score (nSPS) is 14.8. The second-order valence-electron chi connectivity index (χ2n) is 5.28. The molecule has 2 aromatic carbocycles. The fourth-order valence-electron chi connectivity index (χ4n) is 2.72. The van der Waals surface area contributed by atoms with Crippen LogP contribution in [0.2, 0.25) is 0 Å². The SMILES string of the molecule is C=Cc1cc(C2OCCO2)ccc1-c1cc(F)c(F)c(F)c1C=C. The predicted molar refractivity (Wildman–Crippen MR) is 86.6 cm³/mol. The third-order valence-electron chi connectivity index (χ3n) is 3.88. The van der Waals surface area contributed by atoms with Crippen molar-refractivity contribution in [2.45, 2.75) is 6.29 Å². The molecule has 124 valence electrons. The molecule has 1 aliphatic rings. The molecule has 0 radical (unpaired) electrons. The van der Waals surface area contributed by atoms with Crippen molar-refractivity contribution in [1.29, 1.82) is 0 Å². The largest absolute Gasteiger partial charge is 0.346 e. The van der Waals surface area contributed by atoms with Crippen LogP contribution in [0.3, 0.4) is 0 Å². The van der Waals surface area contributed by atoms with E-state index in [0.29, 0.717) is 24.3 Å². The second kappa shape index (κ2) is 6.63. The summed E-state index contributed by atoms with van der Waals surface area (Å²) >= 11 is 0. The monoisotopic (exact) mass is 332 g/mol. The van der Waals surface area contributed by atoms with Gasteiger partial charge in [0.05, 0.1) is 13.2 Å². The Hall–Kier alpha value is -2.37. The van der Waals surface area contributed by atoms with Gasteiger partial charge in [0.15, 0.2) is 23.7 Å². The maximum atomic E-state index is 14.0. The molecule has 0 saturated carbocycles. The first-order chi connectivity index (χ1) is 11.6. The Labute approximate surface area is 137 Å². The van der Waals surface area contributed by atoms with Gasteiger partial charge in [-0.15, -0.1) is 0 Å². The number of ether oxygens (including phenoxy) is 2. The van der Waals surface area contributed by atoms with Crippen LogP contribution >= 0.6 is 0 Å². The van der Waals surface area contributed by atoms with Crippen LogP contribution < -0.4 is 0 Å². The Balaban J connectivity index is 2.16. The van der Waals surface area contributed by atoms with Crippen LogP contribution in [0.5, 0.6) is 0 Å². The van der Waals surface area contributed by atoms with Gasteiger partial charge >= 0.3 is 0 Å². The summed E-state index contributed by atoms with van der Waals surface area (Å²) in [4.78, 5) is 0. The summed E-state index contributed by atoms with van der Waals surface area (Å²) in [5.74, 6) is -4.03. The zero-order valence-electron chi connectivity index (χ0n) is 12.8. The van der Waals surface area contributed by atoms with Gasteiger partial charge in [-0.2, -0.15) is 0 Å². The fraction of sp³-hybridized carbons (Fsp3) is 0.158. The van der Waals surface area contributed by atoms with E-state index in [9.17, 15) is 13.2 Å². The molecule has 0 N–H and O–H groups in total. The highest BCUT2D eigenvalue weighted by Gasteiger charge is 2.22. The van der Waals surface area contributed by atoms with Gasteiger partial charge in [0, 0.05) is 11.1 Å². The standard InChI is InChI=1S/C19H15F3O2/c1-3-11-9-12(19-23-7-8-24-19)5-6-14(11)15-10-16(20)18(22)17(21)13(15)4-2/h3-6,9-10,19H,1-2,7-8H2. The summed E-state index contributed by atoms with van der Waals surface area (Å²) in [5, 5.41) is 0. The third kappa shape index (κ3) is 2.77. The first-order valence-electron chi connectivity index (χ1n) is 7.36. The number of hydrogen-bond donors (Lipinski definition) is 0. The average molecular weight is 332 g/mol. The maximum Gasteiger partial charge on any atom is 0.195 e. The molecule has 0 aliphatic carbocycles. The first kappa shape index (κ1) is 16.5. The molecule has 0 amide bonds. The van der Waals surface area contributed by atoms with Gasteiger partial charge in [-0.1, -0.05) is 37.4 Å². The molecule has 1 saturated heterocycles. The summed E-state index contributed by atoms with van der Waals surface area (Å²) in [5.41, 5.74) is 2.02. The van der Waals surface area contributed by atoms with Gasteiger partial charge in [0.1, 0.15) is 0 Å². The summed E-state index contributed by atoms with van der Waals surface area (Å²) < 4.78 is 52.1. The van der Waals surface area contributed by atoms with E-state index in [1.165, 1.54) is 0 Å². The molecule has 0 aromatic heterocycles. The fourth-order valence-corrected chi connectivity index (χ4v) is 2.72. The van der Waals surface area contributed by atoms with Crippen molar-refractivity contribution in [2.75, 3.05) is 13.2 Å². The van der Waals surface area contributed by atoms with Crippen LogP contribution in [0.15, 0.2) is 37.4 Å². The van der Waals surface area contributed by atoms with Crippen molar-refractivity contribution in [3.8, 4) is 11.1 Å². The Kier molecular flexibility index (Phi) is 4.55. The zero-order chi connectivity index (χ0) is 17.3. The Morgan fingerprint density at radius 2 is 1.62 bits per heavy atom. The molecule has 0 bridgehead atoms. The highest BCUT2D eigenvalue weighted by atomic mass is 19.2. The van der Waals surface area contributed by atoms with E-state index in [1.54, 1.807) is 24.3 Å². The number of benzene rings is 2. The minimum atomic E-state index is -1.52. The van der Waals surface area contributed by atoms with E-state index in [0.717, 1.165) is 17.7 Å². The third-order valence-corrected chi connectivity index (χ3v) is 3.88. The summed E-state index contributed by atoms with van der Waals surface area (Å²) in [6.07, 6.45) is 2.25. The summed E-state index contributed by atoms with van der Waals surface area (Å²) in [6, 6.07) is 6.14. The summed E-state index contributed by atoms with van der Waals surface area (Å²) in [6.45, 7) is 8.23. The smallest absolute Gasteiger partial charge is 0.195 e. The van der Waals surface area contributed by atoms with Crippen LogP contribution in [-0.2, 0) is 9.47 Å². The van der Waals surface area contributed by atoms with Gasteiger partial charge < -0.3 is 9.47 Å². The van der Waals surface area contributed by atoms with Crippen molar-refractivity contribution in [3.05, 3.63) is 71.6 Å². The van der Waals surface area contributed by atoms with E-state index >= 15 is 0 Å². The van der Waals surface area contributed by atoms with Crippen LogP contribution in [0.4, 0.5) is 13.2 Å². The minimum absolute atomic E-state index is 0.0990. The number of rotatable bonds is 4. The lowest BCUT2D eigenvalue weighted by Crippen LogP contribution is -2.01. The average Bonchev–Trinajstić information content (AvgIpc) is 3.13. The summed E-state index contributed by atoms with van der Waals surface area (Å²) in [7, 11) is 0. The molecule has 2 aromatic rings. The van der Waals surface area contributed by atoms with Gasteiger partial charge in [0.2, 0.25) is 0 Å².